The van der Waals surface area contributed by atoms with Gasteiger partial charge in [0, 0.05) is 31.5 Å². The summed E-state index contributed by atoms with van der Waals surface area (Å²) in [7, 11) is 0. The van der Waals surface area contributed by atoms with Crippen LogP contribution < -0.4 is 10.2 Å². The quantitative estimate of drug-likeness (QED) is 0.865. The number of anilines is 1. The molecule has 0 saturated carbocycles. The van der Waals surface area contributed by atoms with Crippen LogP contribution in [0.25, 0.3) is 0 Å². The number of hydrogen-bond donors (Lipinski definition) is 1. The van der Waals surface area contributed by atoms with E-state index < -0.39 is 0 Å². The van der Waals surface area contributed by atoms with Gasteiger partial charge in [-0.3, -0.25) is 4.98 Å². The van der Waals surface area contributed by atoms with Gasteiger partial charge in [-0.2, -0.15) is 0 Å². The van der Waals surface area contributed by atoms with E-state index in [4.69, 9.17) is 0 Å². The van der Waals surface area contributed by atoms with Crippen LogP contribution >= 0.6 is 0 Å². The molecule has 1 fully saturated rings. The van der Waals surface area contributed by atoms with E-state index in [0.29, 0.717) is 0 Å². The number of nitrogens with one attached hydrogen (secondary N) is 1. The lowest BCUT2D eigenvalue weighted by molar-refractivity contribution is 0.446. The molecule has 2 heterocycles. The van der Waals surface area contributed by atoms with Gasteiger partial charge in [-0.15, -0.1) is 0 Å². The molecule has 94 valence electrons. The molecule has 1 unspecified atom stereocenters. The lowest BCUT2D eigenvalue weighted by Gasteiger charge is -2.32. The molecule has 0 amide bonds. The summed E-state index contributed by atoms with van der Waals surface area (Å²) < 4.78 is 0. The minimum absolute atomic E-state index is 0.814. The van der Waals surface area contributed by atoms with Crippen molar-refractivity contribution in [2.24, 2.45) is 5.92 Å². The first-order valence-corrected chi connectivity index (χ1v) is 6.70. The largest absolute Gasteiger partial charge is 0.371 e. The summed E-state index contributed by atoms with van der Waals surface area (Å²) in [5, 5.41) is 3.32. The highest BCUT2D eigenvalue weighted by molar-refractivity contribution is 5.46. The molecule has 0 spiro atoms. The Morgan fingerprint density at radius 1 is 1.53 bits per heavy atom. The SMILES string of the molecule is CCNCc1cc(N2CCCC(C)C2)ccn1. The molecule has 0 aromatic carbocycles. The molecule has 1 saturated heterocycles. The summed E-state index contributed by atoms with van der Waals surface area (Å²) in [5.41, 5.74) is 2.47. The molecule has 1 aliphatic rings. The summed E-state index contributed by atoms with van der Waals surface area (Å²) in [6, 6.07) is 4.36. The molecular formula is C14H23N3. The van der Waals surface area contributed by atoms with Gasteiger partial charge in [0.25, 0.3) is 0 Å². The highest BCUT2D eigenvalue weighted by Gasteiger charge is 2.16. The molecular weight excluding hydrogens is 210 g/mol. The maximum absolute atomic E-state index is 4.40. The first kappa shape index (κ1) is 12.4. The lowest BCUT2D eigenvalue weighted by atomic mass is 10.00. The predicted molar refractivity (Wildman–Crippen MR) is 72.2 cm³/mol. The number of rotatable bonds is 4. The van der Waals surface area contributed by atoms with Crippen LogP contribution in [0.1, 0.15) is 32.4 Å². The third-order valence-corrected chi connectivity index (χ3v) is 3.38. The molecule has 1 aromatic heterocycles. The Balaban J connectivity index is 2.04. The predicted octanol–water partition coefficient (Wildman–Crippen LogP) is 2.43. The number of hydrogen-bond acceptors (Lipinski definition) is 3. The Morgan fingerprint density at radius 2 is 2.41 bits per heavy atom. The minimum Gasteiger partial charge on any atom is -0.371 e. The van der Waals surface area contributed by atoms with Gasteiger partial charge in [0.2, 0.25) is 0 Å². The van der Waals surface area contributed by atoms with E-state index in [-0.39, 0.29) is 0 Å². The summed E-state index contributed by atoms with van der Waals surface area (Å²) in [6.07, 6.45) is 4.61. The summed E-state index contributed by atoms with van der Waals surface area (Å²) in [5.74, 6) is 0.814. The Labute approximate surface area is 104 Å². The van der Waals surface area contributed by atoms with Crippen molar-refractivity contribution < 1.29 is 0 Å². The van der Waals surface area contributed by atoms with Gasteiger partial charge in [-0.05, 0) is 37.4 Å². The average Bonchev–Trinajstić information content (AvgIpc) is 2.37. The fourth-order valence-corrected chi connectivity index (χ4v) is 2.44. The van der Waals surface area contributed by atoms with E-state index in [1.807, 2.05) is 6.20 Å². The second kappa shape index (κ2) is 6.01. The third-order valence-electron chi connectivity index (χ3n) is 3.38. The zero-order chi connectivity index (χ0) is 12.1. The van der Waals surface area contributed by atoms with Gasteiger partial charge in [0.05, 0.1) is 5.69 Å². The van der Waals surface area contributed by atoms with Gasteiger partial charge >= 0.3 is 0 Å². The van der Waals surface area contributed by atoms with E-state index in [1.54, 1.807) is 0 Å². The standard InChI is InChI=1S/C14H23N3/c1-3-15-10-13-9-14(6-7-16-13)17-8-4-5-12(2)11-17/h6-7,9,12,15H,3-5,8,10-11H2,1-2H3. The topological polar surface area (TPSA) is 28.2 Å². The maximum atomic E-state index is 4.40. The Morgan fingerprint density at radius 3 is 3.18 bits per heavy atom. The lowest BCUT2D eigenvalue weighted by Crippen LogP contribution is -2.34. The Bertz CT molecular complexity index is 351. The fourth-order valence-electron chi connectivity index (χ4n) is 2.44. The monoisotopic (exact) mass is 233 g/mol. The van der Waals surface area contributed by atoms with E-state index in [9.17, 15) is 0 Å². The second-order valence-electron chi connectivity index (χ2n) is 4.98. The average molecular weight is 233 g/mol. The number of nitrogens with zero attached hydrogens (tertiary/aromatic N) is 2. The highest BCUT2D eigenvalue weighted by Crippen LogP contribution is 2.22. The highest BCUT2D eigenvalue weighted by atomic mass is 15.1. The molecule has 3 nitrogen and oxygen atoms in total. The van der Waals surface area contributed by atoms with Gasteiger partial charge in [-0.25, -0.2) is 0 Å². The maximum Gasteiger partial charge on any atom is 0.0562 e. The van der Waals surface area contributed by atoms with Crippen LogP contribution in [0.4, 0.5) is 5.69 Å². The van der Waals surface area contributed by atoms with Crippen molar-refractivity contribution in [2.45, 2.75) is 33.2 Å². The van der Waals surface area contributed by atoms with Crippen LogP contribution in [0.5, 0.6) is 0 Å². The van der Waals surface area contributed by atoms with Gasteiger partial charge in [0.1, 0.15) is 0 Å². The molecule has 0 radical (unpaired) electrons. The Kier molecular flexibility index (Phi) is 4.37. The van der Waals surface area contributed by atoms with E-state index in [2.05, 4.69) is 41.2 Å². The number of pyridine rings is 1. The van der Waals surface area contributed by atoms with Crippen LogP contribution in [-0.4, -0.2) is 24.6 Å². The van der Waals surface area contributed by atoms with Gasteiger partial charge < -0.3 is 10.2 Å². The molecule has 3 heteroatoms. The van der Waals surface area contributed by atoms with Crippen molar-refractivity contribution in [2.75, 3.05) is 24.5 Å². The zero-order valence-electron chi connectivity index (χ0n) is 10.9. The van der Waals surface area contributed by atoms with Crippen LogP contribution in [-0.2, 0) is 6.54 Å². The smallest absolute Gasteiger partial charge is 0.0562 e. The molecule has 1 atom stereocenters. The first-order chi connectivity index (χ1) is 8.29. The van der Waals surface area contributed by atoms with Gasteiger partial charge in [-0.1, -0.05) is 13.8 Å². The zero-order valence-corrected chi connectivity index (χ0v) is 10.9. The van der Waals surface area contributed by atoms with Crippen molar-refractivity contribution in [3.63, 3.8) is 0 Å². The molecule has 0 aliphatic carbocycles. The summed E-state index contributed by atoms with van der Waals surface area (Å²) in [6.45, 7) is 8.70. The van der Waals surface area contributed by atoms with Crippen LogP contribution in [0.15, 0.2) is 18.3 Å². The van der Waals surface area contributed by atoms with Gasteiger partial charge in [0.15, 0.2) is 0 Å². The van der Waals surface area contributed by atoms with Crippen LogP contribution in [0.2, 0.25) is 0 Å². The molecule has 1 aromatic rings. The van der Waals surface area contributed by atoms with E-state index in [0.717, 1.165) is 24.7 Å². The van der Waals surface area contributed by atoms with Crippen molar-refractivity contribution in [1.82, 2.24) is 10.3 Å². The number of aromatic nitrogens is 1. The van der Waals surface area contributed by atoms with Crippen molar-refractivity contribution in [3.05, 3.63) is 24.0 Å². The molecule has 1 N–H and O–H groups in total. The fraction of sp³-hybridized carbons (Fsp3) is 0.643. The number of piperidine rings is 1. The van der Waals surface area contributed by atoms with Crippen LogP contribution in [0, 0.1) is 5.92 Å². The first-order valence-electron chi connectivity index (χ1n) is 6.70. The van der Waals surface area contributed by atoms with E-state index in [1.165, 1.54) is 31.6 Å². The summed E-state index contributed by atoms with van der Waals surface area (Å²) in [4.78, 5) is 6.89. The normalized spacial score (nSPS) is 20.6. The van der Waals surface area contributed by atoms with Crippen molar-refractivity contribution in [3.8, 4) is 0 Å². The molecule has 2 rings (SSSR count). The second-order valence-corrected chi connectivity index (χ2v) is 4.98. The molecule has 1 aliphatic heterocycles. The Hall–Kier alpha value is -1.09. The molecule has 17 heavy (non-hydrogen) atoms. The minimum atomic E-state index is 0.814. The van der Waals surface area contributed by atoms with E-state index >= 15 is 0 Å². The summed E-state index contributed by atoms with van der Waals surface area (Å²) >= 11 is 0. The molecule has 0 bridgehead atoms. The van der Waals surface area contributed by atoms with Crippen LogP contribution in [0.3, 0.4) is 0 Å². The third kappa shape index (κ3) is 3.43. The van der Waals surface area contributed by atoms with Crippen molar-refractivity contribution >= 4 is 5.69 Å². The van der Waals surface area contributed by atoms with Crippen molar-refractivity contribution in [1.29, 1.82) is 0 Å².